The van der Waals surface area contributed by atoms with Gasteiger partial charge in [0.1, 0.15) is 12.3 Å². The summed E-state index contributed by atoms with van der Waals surface area (Å²) in [5, 5.41) is 0. The number of para-hydroxylation sites is 1. The van der Waals surface area contributed by atoms with Crippen LogP contribution >= 0.6 is 0 Å². The topological polar surface area (TPSA) is 26.3 Å². The summed E-state index contributed by atoms with van der Waals surface area (Å²) in [7, 11) is 4.26. The van der Waals surface area contributed by atoms with E-state index in [1.807, 2.05) is 36.4 Å². The molecule has 0 atom stereocenters. The summed E-state index contributed by atoms with van der Waals surface area (Å²) < 4.78 is 6.07. The summed E-state index contributed by atoms with van der Waals surface area (Å²) >= 11 is 0. The van der Waals surface area contributed by atoms with Crippen molar-refractivity contribution in [2.45, 2.75) is 13.0 Å². The largest absolute Gasteiger partial charge is 0.426 e. The molecule has 0 radical (unpaired) electrons. The third kappa shape index (κ3) is 5.40. The van der Waals surface area contributed by atoms with Crippen molar-refractivity contribution in [1.29, 1.82) is 0 Å². The van der Waals surface area contributed by atoms with Gasteiger partial charge in [0.15, 0.2) is 0 Å². The smallest absolute Gasteiger partial charge is 0.316 e. The molecule has 0 heterocycles. The lowest BCUT2D eigenvalue weighted by molar-refractivity contribution is -0.903. The predicted molar refractivity (Wildman–Crippen MR) is 83.8 cm³/mol. The first-order valence-corrected chi connectivity index (χ1v) is 7.17. The van der Waals surface area contributed by atoms with Crippen LogP contribution in [0.25, 0.3) is 0 Å². The fraction of sp³-hybridized carbons (Fsp3) is 0.278. The molecule has 0 aliphatic rings. The number of carbonyl (C=O) groups is 1. The zero-order valence-corrected chi connectivity index (χ0v) is 12.7. The molecule has 0 unspecified atom stereocenters. The number of benzene rings is 2. The molecule has 0 aliphatic heterocycles. The van der Waals surface area contributed by atoms with Gasteiger partial charge < -0.3 is 9.22 Å². The number of hydrogen-bond donors (Lipinski definition) is 0. The van der Waals surface area contributed by atoms with Crippen LogP contribution in [0.2, 0.25) is 0 Å². The molecule has 0 saturated carbocycles. The van der Waals surface area contributed by atoms with E-state index in [1.165, 1.54) is 5.56 Å². The maximum atomic E-state index is 11.9. The van der Waals surface area contributed by atoms with E-state index in [1.54, 1.807) is 12.1 Å². The fourth-order valence-electron chi connectivity index (χ4n) is 2.22. The van der Waals surface area contributed by atoms with E-state index in [4.69, 9.17) is 4.74 Å². The molecule has 0 bridgehead atoms. The summed E-state index contributed by atoms with van der Waals surface area (Å²) in [6.45, 7) is 1.65. The first-order valence-electron chi connectivity index (χ1n) is 7.17. The highest BCUT2D eigenvalue weighted by molar-refractivity contribution is 5.72. The minimum Gasteiger partial charge on any atom is -0.426 e. The Labute approximate surface area is 126 Å². The van der Waals surface area contributed by atoms with E-state index in [-0.39, 0.29) is 5.97 Å². The van der Waals surface area contributed by atoms with E-state index in [2.05, 4.69) is 26.2 Å². The quantitative estimate of drug-likeness (QED) is 0.462. The van der Waals surface area contributed by atoms with E-state index >= 15 is 0 Å². The molecule has 0 spiro atoms. The van der Waals surface area contributed by atoms with Crippen LogP contribution in [0.4, 0.5) is 0 Å². The number of rotatable bonds is 6. The summed E-state index contributed by atoms with van der Waals surface area (Å²) in [4.78, 5) is 11.9. The number of quaternary nitrogens is 1. The molecular weight excluding hydrogens is 262 g/mol. The van der Waals surface area contributed by atoms with Crippen LogP contribution in [0.15, 0.2) is 60.7 Å². The van der Waals surface area contributed by atoms with Gasteiger partial charge >= 0.3 is 5.97 Å². The molecule has 0 aromatic heterocycles. The standard InChI is InChI=1S/C18H22NO2/c1-19(2,15-16-9-5-3-6-10-16)14-13-18(20)21-17-11-7-4-8-12-17/h3-12H,13-15H2,1-2H3/q+1. The molecule has 0 fully saturated rings. The van der Waals surface area contributed by atoms with Gasteiger partial charge in [0, 0.05) is 5.56 Å². The van der Waals surface area contributed by atoms with Crippen molar-refractivity contribution in [2.75, 3.05) is 20.6 Å². The van der Waals surface area contributed by atoms with Crippen LogP contribution in [0.3, 0.4) is 0 Å². The zero-order valence-electron chi connectivity index (χ0n) is 12.7. The number of nitrogens with zero attached hydrogens (tertiary/aromatic N) is 1. The Bertz CT molecular complexity index is 564. The van der Waals surface area contributed by atoms with Crippen molar-refractivity contribution in [3.63, 3.8) is 0 Å². The van der Waals surface area contributed by atoms with Gasteiger partial charge in [-0.2, -0.15) is 0 Å². The monoisotopic (exact) mass is 284 g/mol. The Balaban J connectivity index is 1.82. The molecule has 2 aromatic rings. The molecule has 110 valence electrons. The van der Waals surface area contributed by atoms with Crippen molar-refractivity contribution in [2.24, 2.45) is 0 Å². The predicted octanol–water partition coefficient (Wildman–Crippen LogP) is 3.26. The molecule has 0 saturated heterocycles. The Morgan fingerprint density at radius 1 is 0.952 bits per heavy atom. The Hall–Kier alpha value is -2.13. The lowest BCUT2D eigenvalue weighted by Crippen LogP contribution is -2.40. The highest BCUT2D eigenvalue weighted by atomic mass is 16.5. The molecular formula is C18H22NO2+. The lowest BCUT2D eigenvalue weighted by Gasteiger charge is -2.29. The van der Waals surface area contributed by atoms with Crippen molar-refractivity contribution >= 4 is 5.97 Å². The summed E-state index contributed by atoms with van der Waals surface area (Å²) in [5.41, 5.74) is 1.28. The fourth-order valence-corrected chi connectivity index (χ4v) is 2.22. The highest BCUT2D eigenvalue weighted by Gasteiger charge is 2.18. The van der Waals surface area contributed by atoms with Gasteiger partial charge in [-0.25, -0.2) is 0 Å². The van der Waals surface area contributed by atoms with Gasteiger partial charge in [0.25, 0.3) is 0 Å². The van der Waals surface area contributed by atoms with Crippen LogP contribution < -0.4 is 4.74 Å². The average molecular weight is 284 g/mol. The van der Waals surface area contributed by atoms with Crippen LogP contribution in [0, 0.1) is 0 Å². The first kappa shape index (κ1) is 15.3. The molecule has 21 heavy (non-hydrogen) atoms. The van der Waals surface area contributed by atoms with Crippen LogP contribution in [0.5, 0.6) is 5.75 Å². The van der Waals surface area contributed by atoms with Gasteiger partial charge in [0.2, 0.25) is 0 Å². The van der Waals surface area contributed by atoms with E-state index in [9.17, 15) is 4.79 Å². The number of hydrogen-bond acceptors (Lipinski definition) is 2. The van der Waals surface area contributed by atoms with Crippen LogP contribution in [0.1, 0.15) is 12.0 Å². The van der Waals surface area contributed by atoms with Crippen LogP contribution in [-0.2, 0) is 11.3 Å². The van der Waals surface area contributed by atoms with Gasteiger partial charge in [0.05, 0.1) is 27.1 Å². The summed E-state index contributed by atoms with van der Waals surface area (Å²) in [5.74, 6) is 0.427. The second-order valence-electron chi connectivity index (χ2n) is 5.84. The third-order valence-corrected chi connectivity index (χ3v) is 3.35. The second-order valence-corrected chi connectivity index (χ2v) is 5.84. The highest BCUT2D eigenvalue weighted by Crippen LogP contribution is 2.12. The average Bonchev–Trinajstić information content (AvgIpc) is 2.47. The first-order chi connectivity index (χ1) is 10.1. The van der Waals surface area contributed by atoms with E-state index in [0.29, 0.717) is 12.2 Å². The van der Waals surface area contributed by atoms with Crippen molar-refractivity contribution in [3.05, 3.63) is 66.2 Å². The minimum atomic E-state index is -0.180. The number of carbonyl (C=O) groups excluding carboxylic acids is 1. The lowest BCUT2D eigenvalue weighted by atomic mass is 10.2. The SMILES string of the molecule is C[N+](C)(CCC(=O)Oc1ccccc1)Cc1ccccc1. The second kappa shape index (κ2) is 7.04. The molecule has 3 nitrogen and oxygen atoms in total. The zero-order chi connectivity index (χ0) is 15.1. The van der Waals surface area contributed by atoms with Crippen molar-refractivity contribution in [3.8, 4) is 5.75 Å². The van der Waals surface area contributed by atoms with Crippen LogP contribution in [-0.4, -0.2) is 31.1 Å². The molecule has 3 heteroatoms. The van der Waals surface area contributed by atoms with Gasteiger partial charge in [-0.05, 0) is 12.1 Å². The Kier molecular flexibility index (Phi) is 5.12. The maximum Gasteiger partial charge on any atom is 0.316 e. The number of esters is 1. The van der Waals surface area contributed by atoms with Gasteiger partial charge in [-0.3, -0.25) is 4.79 Å². The van der Waals surface area contributed by atoms with Gasteiger partial charge in [-0.15, -0.1) is 0 Å². The summed E-state index contributed by atoms with van der Waals surface area (Å²) in [6, 6.07) is 19.5. The normalized spacial score (nSPS) is 11.1. The van der Waals surface area contributed by atoms with E-state index < -0.39 is 0 Å². The molecule has 2 aromatic carbocycles. The van der Waals surface area contributed by atoms with Crippen molar-refractivity contribution < 1.29 is 14.0 Å². The van der Waals surface area contributed by atoms with Crippen molar-refractivity contribution in [1.82, 2.24) is 0 Å². The number of ether oxygens (including phenoxy) is 1. The molecule has 2 rings (SSSR count). The minimum absolute atomic E-state index is 0.180. The molecule has 0 aliphatic carbocycles. The van der Waals surface area contributed by atoms with E-state index in [0.717, 1.165) is 17.6 Å². The molecule has 0 amide bonds. The summed E-state index contributed by atoms with van der Waals surface area (Å²) in [6.07, 6.45) is 0.411. The van der Waals surface area contributed by atoms with Gasteiger partial charge in [-0.1, -0.05) is 48.5 Å². The Morgan fingerprint density at radius 3 is 2.14 bits per heavy atom. The maximum absolute atomic E-state index is 11.9. The Morgan fingerprint density at radius 2 is 1.52 bits per heavy atom. The molecule has 0 N–H and O–H groups in total. The third-order valence-electron chi connectivity index (χ3n) is 3.35.